The maximum atomic E-state index is 6.03. The van der Waals surface area contributed by atoms with Gasteiger partial charge in [-0.05, 0) is 6.07 Å². The van der Waals surface area contributed by atoms with Gasteiger partial charge < -0.3 is 15.2 Å². The van der Waals surface area contributed by atoms with Crippen molar-refractivity contribution in [2.24, 2.45) is 5.84 Å². The Balaban J connectivity index is 2.10. The third kappa shape index (κ3) is 3.28. The highest BCUT2D eigenvalue weighted by Crippen LogP contribution is 2.28. The minimum Gasteiger partial charge on any atom is -0.444 e. The largest absolute Gasteiger partial charge is 0.444 e. The molecule has 0 amide bonds. The predicted octanol–water partition coefficient (Wildman–Crippen LogP) is 2.84. The lowest BCUT2D eigenvalue weighted by atomic mass is 10.4. The zero-order valence-corrected chi connectivity index (χ0v) is 11.7. The third-order valence-corrected chi connectivity index (χ3v) is 3.00. The molecule has 2 heterocycles. The van der Waals surface area contributed by atoms with Crippen LogP contribution in [0.3, 0.4) is 0 Å². The Labute approximate surface area is 120 Å². The first-order valence-electron chi connectivity index (χ1n) is 5.64. The molecule has 0 radical (unpaired) electrons. The zero-order chi connectivity index (χ0) is 13.8. The molecule has 0 unspecified atom stereocenters. The molecule has 0 saturated heterocycles. The van der Waals surface area contributed by atoms with Gasteiger partial charge in [-0.2, -0.15) is 0 Å². The summed E-state index contributed by atoms with van der Waals surface area (Å²) in [5.41, 5.74) is 2.39. The van der Waals surface area contributed by atoms with Gasteiger partial charge in [0.15, 0.2) is 5.82 Å². The summed E-state index contributed by atoms with van der Waals surface area (Å²) in [7, 11) is 0. The first-order valence-corrected chi connectivity index (χ1v) is 6.39. The molecule has 0 atom stereocenters. The van der Waals surface area contributed by atoms with Crippen molar-refractivity contribution in [3.8, 4) is 0 Å². The van der Waals surface area contributed by atoms with Crippen LogP contribution in [0.15, 0.2) is 16.7 Å². The van der Waals surface area contributed by atoms with Crippen LogP contribution in [0.2, 0.25) is 10.0 Å². The summed E-state index contributed by atoms with van der Waals surface area (Å²) >= 11 is 11.9. The second kappa shape index (κ2) is 6.10. The Hall–Kier alpha value is -1.50. The molecule has 102 valence electrons. The highest BCUT2D eigenvalue weighted by atomic mass is 35.5. The number of halogens is 2. The van der Waals surface area contributed by atoms with Gasteiger partial charge in [0.05, 0.1) is 22.8 Å². The van der Waals surface area contributed by atoms with Crippen LogP contribution in [-0.2, 0) is 13.0 Å². The minimum absolute atomic E-state index is 0.343. The van der Waals surface area contributed by atoms with Gasteiger partial charge in [-0.15, -0.1) is 0 Å². The molecule has 0 saturated carbocycles. The van der Waals surface area contributed by atoms with E-state index in [1.807, 2.05) is 6.92 Å². The summed E-state index contributed by atoms with van der Waals surface area (Å²) in [5, 5.41) is 3.76. The van der Waals surface area contributed by atoms with Crippen molar-refractivity contribution < 1.29 is 4.42 Å². The van der Waals surface area contributed by atoms with Gasteiger partial charge in [-0.3, -0.25) is 0 Å². The summed E-state index contributed by atoms with van der Waals surface area (Å²) in [4.78, 5) is 8.28. The van der Waals surface area contributed by atoms with Crippen LogP contribution < -0.4 is 16.6 Å². The maximum absolute atomic E-state index is 6.03. The lowest BCUT2D eigenvalue weighted by Crippen LogP contribution is -2.11. The number of rotatable bonds is 5. The van der Waals surface area contributed by atoms with Gasteiger partial charge in [0, 0.05) is 6.42 Å². The molecule has 0 aliphatic heterocycles. The topological polar surface area (TPSA) is 89.0 Å². The van der Waals surface area contributed by atoms with E-state index in [-0.39, 0.29) is 0 Å². The van der Waals surface area contributed by atoms with E-state index >= 15 is 0 Å². The van der Waals surface area contributed by atoms with E-state index in [1.54, 1.807) is 12.3 Å². The van der Waals surface area contributed by atoms with Gasteiger partial charge in [-0.25, -0.2) is 15.8 Å². The van der Waals surface area contributed by atoms with Crippen LogP contribution in [0.5, 0.6) is 0 Å². The van der Waals surface area contributed by atoms with Crippen LogP contribution in [0, 0.1) is 0 Å². The smallest absolute Gasteiger partial charge is 0.213 e. The van der Waals surface area contributed by atoms with Crippen LogP contribution >= 0.6 is 23.2 Å². The summed E-state index contributed by atoms with van der Waals surface area (Å²) in [5.74, 6) is 7.49. The number of pyridine rings is 1. The lowest BCUT2D eigenvalue weighted by Gasteiger charge is -2.09. The van der Waals surface area contributed by atoms with Gasteiger partial charge >= 0.3 is 0 Å². The van der Waals surface area contributed by atoms with Crippen molar-refractivity contribution in [2.45, 2.75) is 19.9 Å². The summed E-state index contributed by atoms with van der Waals surface area (Å²) in [6.45, 7) is 2.37. The number of aryl methyl sites for hydroxylation is 1. The van der Waals surface area contributed by atoms with Gasteiger partial charge in [0.2, 0.25) is 5.89 Å². The first kappa shape index (κ1) is 13.9. The second-order valence-electron chi connectivity index (χ2n) is 3.72. The predicted molar refractivity (Wildman–Crippen MR) is 75.3 cm³/mol. The molecule has 2 aromatic heterocycles. The summed E-state index contributed by atoms with van der Waals surface area (Å²) in [6, 6.07) is 1.56. The van der Waals surface area contributed by atoms with E-state index in [2.05, 4.69) is 20.7 Å². The summed E-state index contributed by atoms with van der Waals surface area (Å²) < 4.78 is 5.46. The average molecular weight is 302 g/mol. The Morgan fingerprint density at radius 1 is 1.32 bits per heavy atom. The van der Waals surface area contributed by atoms with E-state index in [0.29, 0.717) is 34.1 Å². The fraction of sp³-hybridized carbons (Fsp3) is 0.273. The molecule has 0 aliphatic rings. The number of anilines is 2. The molecule has 0 spiro atoms. The monoisotopic (exact) mass is 301 g/mol. The van der Waals surface area contributed by atoms with Crippen molar-refractivity contribution in [1.82, 2.24) is 9.97 Å². The number of nitrogens with zero attached hydrogens (tertiary/aromatic N) is 2. The Kier molecular flexibility index (Phi) is 4.47. The number of aromatic nitrogens is 2. The number of hydrogen-bond donors (Lipinski definition) is 3. The molecule has 4 N–H and O–H groups in total. The van der Waals surface area contributed by atoms with Crippen molar-refractivity contribution in [1.29, 1.82) is 0 Å². The Morgan fingerprint density at radius 2 is 2.05 bits per heavy atom. The number of nitrogens with one attached hydrogen (secondary N) is 2. The lowest BCUT2D eigenvalue weighted by molar-refractivity contribution is 0.465. The molecule has 6 nitrogen and oxygen atoms in total. The molecular weight excluding hydrogens is 289 g/mol. The van der Waals surface area contributed by atoms with E-state index in [9.17, 15) is 0 Å². The van der Waals surface area contributed by atoms with Crippen molar-refractivity contribution >= 4 is 34.8 Å². The van der Waals surface area contributed by atoms with Crippen molar-refractivity contribution in [3.05, 3.63) is 34.0 Å². The summed E-state index contributed by atoms with van der Waals surface area (Å²) in [6.07, 6.45) is 2.50. The number of nitrogens with two attached hydrogens (primary N) is 1. The number of hydrogen-bond acceptors (Lipinski definition) is 6. The average Bonchev–Trinajstić information content (AvgIpc) is 2.86. The number of nitrogen functional groups attached to an aromatic ring is 1. The minimum atomic E-state index is 0.343. The molecule has 0 fully saturated rings. The number of hydrazine groups is 1. The quantitative estimate of drug-likeness (QED) is 0.581. The van der Waals surface area contributed by atoms with Crippen LogP contribution in [0.25, 0.3) is 0 Å². The molecule has 2 aromatic rings. The van der Waals surface area contributed by atoms with Gasteiger partial charge in [0.25, 0.3) is 0 Å². The molecule has 2 rings (SSSR count). The van der Waals surface area contributed by atoms with Gasteiger partial charge in [-0.1, -0.05) is 30.1 Å². The molecule has 0 aromatic carbocycles. The highest BCUT2D eigenvalue weighted by molar-refractivity contribution is 6.37. The molecule has 0 bridgehead atoms. The molecular formula is C11H13Cl2N5O. The Morgan fingerprint density at radius 3 is 2.68 bits per heavy atom. The molecule has 8 heteroatoms. The van der Waals surface area contributed by atoms with Gasteiger partial charge in [0.1, 0.15) is 11.6 Å². The highest BCUT2D eigenvalue weighted by Gasteiger charge is 2.09. The van der Waals surface area contributed by atoms with Crippen LogP contribution in [-0.4, -0.2) is 9.97 Å². The van der Waals surface area contributed by atoms with Crippen LogP contribution in [0.1, 0.15) is 18.6 Å². The van der Waals surface area contributed by atoms with E-state index in [1.165, 1.54) is 0 Å². The first-order chi connectivity index (χ1) is 9.13. The fourth-order valence-electron chi connectivity index (χ4n) is 1.44. The van der Waals surface area contributed by atoms with E-state index in [0.717, 1.165) is 12.2 Å². The molecule has 19 heavy (non-hydrogen) atoms. The number of oxazole rings is 1. The third-order valence-electron chi connectivity index (χ3n) is 2.42. The fourth-order valence-corrected chi connectivity index (χ4v) is 1.92. The van der Waals surface area contributed by atoms with Crippen molar-refractivity contribution in [3.63, 3.8) is 0 Å². The van der Waals surface area contributed by atoms with Crippen LogP contribution in [0.4, 0.5) is 11.6 Å². The maximum Gasteiger partial charge on any atom is 0.213 e. The molecule has 0 aliphatic carbocycles. The van der Waals surface area contributed by atoms with E-state index < -0.39 is 0 Å². The SMILES string of the molecule is CCc1cnc(CNc2nc(NN)c(Cl)cc2Cl)o1. The second-order valence-corrected chi connectivity index (χ2v) is 4.54. The standard InChI is InChI=1S/C11H13Cl2N5O/c1-2-6-4-15-9(19-6)5-16-10-7(12)3-8(13)11(17-10)18-14/h3-4H,2,5,14H2,1H3,(H2,16,17,18). The Bertz CT molecular complexity index is 572. The normalized spacial score (nSPS) is 10.5. The zero-order valence-electron chi connectivity index (χ0n) is 10.2. The van der Waals surface area contributed by atoms with E-state index in [4.69, 9.17) is 33.5 Å². The van der Waals surface area contributed by atoms with Crippen molar-refractivity contribution in [2.75, 3.05) is 10.7 Å².